The second-order valence-electron chi connectivity index (χ2n) is 4.41. The standard InChI is InChI=1S/C13H16N2O2/c1-2-7-14-10(4-1)8-16-11-5-3-6-12-13(11)15-9-17-12/h3,5-6,9-10,14H,1-2,4,7-8H2. The molecule has 2 heterocycles. The average molecular weight is 232 g/mol. The summed E-state index contributed by atoms with van der Waals surface area (Å²) in [7, 11) is 0. The summed E-state index contributed by atoms with van der Waals surface area (Å²) in [4.78, 5) is 4.17. The van der Waals surface area contributed by atoms with Crippen LogP contribution in [0.5, 0.6) is 5.75 Å². The normalized spacial score (nSPS) is 20.6. The smallest absolute Gasteiger partial charge is 0.182 e. The number of nitrogens with one attached hydrogen (secondary N) is 1. The van der Waals surface area contributed by atoms with Crippen LogP contribution in [-0.4, -0.2) is 24.2 Å². The topological polar surface area (TPSA) is 47.3 Å². The molecule has 0 saturated carbocycles. The molecule has 4 heteroatoms. The van der Waals surface area contributed by atoms with Gasteiger partial charge in [0.05, 0.1) is 0 Å². The minimum absolute atomic E-state index is 0.464. The highest BCUT2D eigenvalue weighted by atomic mass is 16.5. The van der Waals surface area contributed by atoms with Gasteiger partial charge >= 0.3 is 0 Å². The van der Waals surface area contributed by atoms with E-state index in [1.54, 1.807) is 0 Å². The Kier molecular flexibility index (Phi) is 2.96. The van der Waals surface area contributed by atoms with Crippen molar-refractivity contribution in [3.8, 4) is 5.75 Å². The van der Waals surface area contributed by atoms with Crippen LogP contribution in [-0.2, 0) is 0 Å². The molecule has 90 valence electrons. The van der Waals surface area contributed by atoms with Crippen LogP contribution in [0.2, 0.25) is 0 Å². The number of aromatic nitrogens is 1. The van der Waals surface area contributed by atoms with Gasteiger partial charge in [0, 0.05) is 6.04 Å². The van der Waals surface area contributed by atoms with Crippen LogP contribution in [0.4, 0.5) is 0 Å². The highest BCUT2D eigenvalue weighted by Gasteiger charge is 2.14. The van der Waals surface area contributed by atoms with Crippen molar-refractivity contribution in [2.45, 2.75) is 25.3 Å². The first-order chi connectivity index (χ1) is 8.43. The molecule has 1 aliphatic heterocycles. The van der Waals surface area contributed by atoms with Crippen LogP contribution >= 0.6 is 0 Å². The lowest BCUT2D eigenvalue weighted by atomic mass is 10.1. The second kappa shape index (κ2) is 4.75. The van der Waals surface area contributed by atoms with Gasteiger partial charge in [0.25, 0.3) is 0 Å². The van der Waals surface area contributed by atoms with Gasteiger partial charge in [-0.1, -0.05) is 12.5 Å². The lowest BCUT2D eigenvalue weighted by Gasteiger charge is -2.23. The number of fused-ring (bicyclic) bond motifs is 1. The fourth-order valence-electron chi connectivity index (χ4n) is 2.23. The number of nitrogens with zero attached hydrogens (tertiary/aromatic N) is 1. The number of hydrogen-bond donors (Lipinski definition) is 1. The van der Waals surface area contributed by atoms with Gasteiger partial charge in [0.15, 0.2) is 17.5 Å². The van der Waals surface area contributed by atoms with Gasteiger partial charge in [-0.05, 0) is 31.5 Å². The molecule has 17 heavy (non-hydrogen) atoms. The lowest BCUT2D eigenvalue weighted by molar-refractivity contribution is 0.241. The maximum Gasteiger partial charge on any atom is 0.182 e. The zero-order valence-electron chi connectivity index (χ0n) is 9.69. The SMILES string of the molecule is c1cc(OCC2CCCCN2)c2ncoc2c1. The van der Waals surface area contributed by atoms with Gasteiger partial charge in [0.1, 0.15) is 12.4 Å². The van der Waals surface area contributed by atoms with Gasteiger partial charge in [-0.15, -0.1) is 0 Å². The Hall–Kier alpha value is -1.55. The fourth-order valence-corrected chi connectivity index (χ4v) is 2.23. The molecule has 1 saturated heterocycles. The Morgan fingerprint density at radius 3 is 3.29 bits per heavy atom. The van der Waals surface area contributed by atoms with Crippen molar-refractivity contribution in [2.75, 3.05) is 13.2 Å². The highest BCUT2D eigenvalue weighted by molar-refractivity contribution is 5.79. The summed E-state index contributed by atoms with van der Waals surface area (Å²) < 4.78 is 11.1. The molecule has 1 atom stereocenters. The highest BCUT2D eigenvalue weighted by Crippen LogP contribution is 2.24. The Morgan fingerprint density at radius 2 is 2.41 bits per heavy atom. The van der Waals surface area contributed by atoms with E-state index in [0.29, 0.717) is 12.6 Å². The molecule has 0 radical (unpaired) electrons. The van der Waals surface area contributed by atoms with Gasteiger partial charge in [-0.2, -0.15) is 0 Å². The minimum Gasteiger partial charge on any atom is -0.490 e. The summed E-state index contributed by atoms with van der Waals surface area (Å²) in [6.07, 6.45) is 5.20. The van der Waals surface area contributed by atoms with E-state index in [0.717, 1.165) is 23.4 Å². The molecule has 2 aromatic rings. The Labute approximate surface area is 100.0 Å². The van der Waals surface area contributed by atoms with E-state index in [2.05, 4.69) is 10.3 Å². The molecule has 4 nitrogen and oxygen atoms in total. The minimum atomic E-state index is 0.464. The molecule has 1 unspecified atom stereocenters. The molecule has 0 amide bonds. The van der Waals surface area contributed by atoms with Gasteiger partial charge in [0.2, 0.25) is 0 Å². The third kappa shape index (κ3) is 2.26. The first-order valence-electron chi connectivity index (χ1n) is 6.12. The third-order valence-electron chi connectivity index (χ3n) is 3.18. The molecular weight excluding hydrogens is 216 g/mol. The Bertz CT molecular complexity index is 489. The molecule has 0 aliphatic carbocycles. The quantitative estimate of drug-likeness (QED) is 0.882. The zero-order valence-corrected chi connectivity index (χ0v) is 9.69. The number of oxazole rings is 1. The van der Waals surface area contributed by atoms with Crippen molar-refractivity contribution >= 4 is 11.1 Å². The van der Waals surface area contributed by atoms with E-state index in [1.807, 2.05) is 18.2 Å². The molecule has 0 spiro atoms. The van der Waals surface area contributed by atoms with Gasteiger partial charge in [-0.3, -0.25) is 0 Å². The monoisotopic (exact) mass is 232 g/mol. The largest absolute Gasteiger partial charge is 0.490 e. The molecule has 3 rings (SSSR count). The summed E-state index contributed by atoms with van der Waals surface area (Å²) in [6.45, 7) is 1.80. The van der Waals surface area contributed by atoms with Crippen LogP contribution < -0.4 is 10.1 Å². The number of rotatable bonds is 3. The Balaban J connectivity index is 1.69. The summed E-state index contributed by atoms with van der Waals surface area (Å²) in [6, 6.07) is 6.23. The fraction of sp³-hybridized carbons (Fsp3) is 0.462. The van der Waals surface area contributed by atoms with Crippen molar-refractivity contribution in [1.82, 2.24) is 10.3 Å². The second-order valence-corrected chi connectivity index (χ2v) is 4.41. The maximum atomic E-state index is 5.83. The van der Waals surface area contributed by atoms with Crippen LogP contribution in [0.15, 0.2) is 29.0 Å². The number of ether oxygens (including phenoxy) is 1. The van der Waals surface area contributed by atoms with E-state index in [-0.39, 0.29) is 0 Å². The molecular formula is C13H16N2O2. The first-order valence-corrected chi connectivity index (χ1v) is 6.12. The molecule has 1 fully saturated rings. The molecule has 1 N–H and O–H groups in total. The average Bonchev–Trinajstić information content (AvgIpc) is 2.86. The van der Waals surface area contributed by atoms with Crippen molar-refractivity contribution < 1.29 is 9.15 Å². The van der Waals surface area contributed by atoms with Crippen LogP contribution in [0.1, 0.15) is 19.3 Å². The van der Waals surface area contributed by atoms with Crippen LogP contribution in [0.25, 0.3) is 11.1 Å². The molecule has 1 aromatic heterocycles. The van der Waals surface area contributed by atoms with Gasteiger partial charge in [-0.25, -0.2) is 4.98 Å². The first kappa shape index (κ1) is 10.6. The van der Waals surface area contributed by atoms with E-state index in [9.17, 15) is 0 Å². The van der Waals surface area contributed by atoms with Gasteiger partial charge < -0.3 is 14.5 Å². The number of hydrogen-bond acceptors (Lipinski definition) is 4. The molecule has 0 bridgehead atoms. The van der Waals surface area contributed by atoms with Crippen molar-refractivity contribution in [1.29, 1.82) is 0 Å². The van der Waals surface area contributed by atoms with Crippen molar-refractivity contribution in [3.05, 3.63) is 24.6 Å². The summed E-state index contributed by atoms with van der Waals surface area (Å²) >= 11 is 0. The van der Waals surface area contributed by atoms with E-state index in [1.165, 1.54) is 25.7 Å². The summed E-state index contributed by atoms with van der Waals surface area (Å²) in [5.41, 5.74) is 1.59. The summed E-state index contributed by atoms with van der Waals surface area (Å²) in [5, 5.41) is 3.46. The maximum absolute atomic E-state index is 5.83. The Morgan fingerprint density at radius 1 is 1.41 bits per heavy atom. The number of para-hydroxylation sites is 1. The van der Waals surface area contributed by atoms with Crippen molar-refractivity contribution in [2.24, 2.45) is 0 Å². The zero-order chi connectivity index (χ0) is 11.5. The predicted octanol–water partition coefficient (Wildman–Crippen LogP) is 2.35. The lowest BCUT2D eigenvalue weighted by Crippen LogP contribution is -2.38. The van der Waals surface area contributed by atoms with Crippen molar-refractivity contribution in [3.63, 3.8) is 0 Å². The van der Waals surface area contributed by atoms with E-state index < -0.39 is 0 Å². The van der Waals surface area contributed by atoms with E-state index in [4.69, 9.17) is 9.15 Å². The third-order valence-corrected chi connectivity index (χ3v) is 3.18. The number of benzene rings is 1. The van der Waals surface area contributed by atoms with Crippen LogP contribution in [0, 0.1) is 0 Å². The molecule has 1 aliphatic rings. The molecule has 1 aromatic carbocycles. The number of piperidine rings is 1. The van der Waals surface area contributed by atoms with E-state index >= 15 is 0 Å². The van der Waals surface area contributed by atoms with Crippen LogP contribution in [0.3, 0.4) is 0 Å². The summed E-state index contributed by atoms with van der Waals surface area (Å²) in [5.74, 6) is 0.809. The predicted molar refractivity (Wildman–Crippen MR) is 65.1 cm³/mol.